The average molecular weight is 289 g/mol. The first-order valence-corrected chi connectivity index (χ1v) is 7.23. The fourth-order valence-electron chi connectivity index (χ4n) is 1.73. The lowest BCUT2D eigenvalue weighted by Crippen LogP contribution is -2.22. The van der Waals surface area contributed by atoms with Crippen molar-refractivity contribution >= 4 is 23.4 Å². The Bertz CT molecular complexity index is 615. The molecule has 1 atom stereocenters. The molecule has 2 aromatic carbocycles. The SMILES string of the molecule is Cc1ccccc1NC(=O)C(C)Sc1ccccc1F. The Labute approximate surface area is 122 Å². The molecule has 0 radical (unpaired) electrons. The molecule has 1 unspecified atom stereocenters. The lowest BCUT2D eigenvalue weighted by molar-refractivity contribution is -0.115. The molecule has 2 aromatic rings. The molecule has 1 amide bonds. The third kappa shape index (κ3) is 3.61. The van der Waals surface area contributed by atoms with E-state index >= 15 is 0 Å². The maximum absolute atomic E-state index is 13.6. The maximum atomic E-state index is 13.6. The van der Waals surface area contributed by atoms with Crippen molar-refractivity contribution in [2.24, 2.45) is 0 Å². The van der Waals surface area contributed by atoms with Gasteiger partial charge in [-0.1, -0.05) is 30.3 Å². The Hall–Kier alpha value is -1.81. The summed E-state index contributed by atoms with van der Waals surface area (Å²) in [5, 5.41) is 2.50. The van der Waals surface area contributed by atoms with Gasteiger partial charge in [-0.2, -0.15) is 0 Å². The molecule has 0 aliphatic rings. The number of rotatable bonds is 4. The summed E-state index contributed by atoms with van der Waals surface area (Å²) in [5.74, 6) is -0.430. The summed E-state index contributed by atoms with van der Waals surface area (Å²) >= 11 is 1.22. The van der Waals surface area contributed by atoms with Crippen LogP contribution < -0.4 is 5.32 Å². The minimum atomic E-state index is -0.369. The molecule has 20 heavy (non-hydrogen) atoms. The van der Waals surface area contributed by atoms with Crippen molar-refractivity contribution in [3.63, 3.8) is 0 Å². The van der Waals surface area contributed by atoms with Crippen LogP contribution in [0.2, 0.25) is 0 Å². The van der Waals surface area contributed by atoms with Gasteiger partial charge in [-0.3, -0.25) is 4.79 Å². The van der Waals surface area contributed by atoms with Gasteiger partial charge in [0.1, 0.15) is 5.82 Å². The fourth-order valence-corrected chi connectivity index (χ4v) is 2.62. The summed E-state index contributed by atoms with van der Waals surface area (Å²) in [6, 6.07) is 14.1. The lowest BCUT2D eigenvalue weighted by Gasteiger charge is -2.13. The van der Waals surface area contributed by atoms with Crippen LogP contribution in [0.25, 0.3) is 0 Å². The molecule has 0 saturated carbocycles. The van der Waals surface area contributed by atoms with Gasteiger partial charge < -0.3 is 5.32 Å². The van der Waals surface area contributed by atoms with Crippen molar-refractivity contribution < 1.29 is 9.18 Å². The monoisotopic (exact) mass is 289 g/mol. The molecule has 0 fully saturated rings. The molecular weight excluding hydrogens is 273 g/mol. The number of benzene rings is 2. The average Bonchev–Trinajstić information content (AvgIpc) is 2.43. The van der Waals surface area contributed by atoms with E-state index in [0.717, 1.165) is 11.3 Å². The first-order valence-electron chi connectivity index (χ1n) is 6.35. The van der Waals surface area contributed by atoms with E-state index in [9.17, 15) is 9.18 Å². The smallest absolute Gasteiger partial charge is 0.237 e. The van der Waals surface area contributed by atoms with Crippen molar-refractivity contribution in [1.82, 2.24) is 0 Å². The number of amides is 1. The molecule has 2 nitrogen and oxygen atoms in total. The summed E-state index contributed by atoms with van der Waals surface area (Å²) in [7, 11) is 0. The summed E-state index contributed by atoms with van der Waals surface area (Å²) < 4.78 is 13.6. The zero-order chi connectivity index (χ0) is 14.5. The highest BCUT2D eigenvalue weighted by molar-refractivity contribution is 8.00. The Morgan fingerprint density at radius 2 is 1.80 bits per heavy atom. The minimum absolute atomic E-state index is 0.132. The van der Waals surface area contributed by atoms with Crippen molar-refractivity contribution in [2.45, 2.75) is 24.0 Å². The highest BCUT2D eigenvalue weighted by atomic mass is 32.2. The van der Waals surface area contributed by atoms with Crippen LogP contribution in [0.1, 0.15) is 12.5 Å². The highest BCUT2D eigenvalue weighted by Gasteiger charge is 2.16. The zero-order valence-electron chi connectivity index (χ0n) is 11.4. The third-order valence-electron chi connectivity index (χ3n) is 2.91. The predicted molar refractivity (Wildman–Crippen MR) is 81.5 cm³/mol. The summed E-state index contributed by atoms with van der Waals surface area (Å²) in [5.41, 5.74) is 1.79. The number of carbonyl (C=O) groups excluding carboxylic acids is 1. The van der Waals surface area contributed by atoms with E-state index < -0.39 is 0 Å². The molecule has 0 spiro atoms. The number of aryl methyl sites for hydroxylation is 1. The molecule has 0 bridgehead atoms. The van der Waals surface area contributed by atoms with Crippen molar-refractivity contribution in [1.29, 1.82) is 0 Å². The second-order valence-electron chi connectivity index (χ2n) is 4.49. The molecule has 4 heteroatoms. The molecule has 0 aliphatic carbocycles. The number of nitrogens with one attached hydrogen (secondary N) is 1. The quantitative estimate of drug-likeness (QED) is 0.852. The number of halogens is 1. The fraction of sp³-hybridized carbons (Fsp3) is 0.188. The van der Waals surface area contributed by atoms with Crippen molar-refractivity contribution in [3.05, 3.63) is 59.9 Å². The first kappa shape index (κ1) is 14.6. The molecule has 104 valence electrons. The van der Waals surface area contributed by atoms with E-state index in [0.29, 0.717) is 4.90 Å². The van der Waals surface area contributed by atoms with E-state index in [1.807, 2.05) is 31.2 Å². The van der Waals surface area contributed by atoms with Crippen molar-refractivity contribution in [2.75, 3.05) is 5.32 Å². The van der Waals surface area contributed by atoms with Gasteiger partial charge in [-0.15, -0.1) is 11.8 Å². The second kappa shape index (κ2) is 6.57. The third-order valence-corrected chi connectivity index (χ3v) is 4.07. The van der Waals surface area contributed by atoms with Gasteiger partial charge in [0.05, 0.1) is 5.25 Å². The molecule has 0 aromatic heterocycles. The second-order valence-corrected chi connectivity index (χ2v) is 5.88. The standard InChI is InChI=1S/C16H16FNOS/c1-11-7-3-5-9-14(11)18-16(19)12(2)20-15-10-6-4-8-13(15)17/h3-10,12H,1-2H3,(H,18,19). The molecular formula is C16H16FNOS. The first-order chi connectivity index (χ1) is 9.58. The highest BCUT2D eigenvalue weighted by Crippen LogP contribution is 2.26. The summed E-state index contributed by atoms with van der Waals surface area (Å²) in [4.78, 5) is 12.6. The van der Waals surface area contributed by atoms with Crippen LogP contribution >= 0.6 is 11.8 Å². The van der Waals surface area contributed by atoms with Gasteiger partial charge in [-0.05, 0) is 37.6 Å². The van der Waals surface area contributed by atoms with Crippen LogP contribution in [-0.2, 0) is 4.79 Å². The summed E-state index contributed by atoms with van der Waals surface area (Å²) in [6.45, 7) is 3.70. The van der Waals surface area contributed by atoms with Gasteiger partial charge in [-0.25, -0.2) is 4.39 Å². The van der Waals surface area contributed by atoms with E-state index in [2.05, 4.69) is 5.32 Å². The molecule has 2 rings (SSSR count). The predicted octanol–water partition coefficient (Wildman–Crippen LogP) is 4.25. The Morgan fingerprint density at radius 1 is 1.15 bits per heavy atom. The maximum Gasteiger partial charge on any atom is 0.237 e. The Balaban J connectivity index is 2.03. The molecule has 0 heterocycles. The largest absolute Gasteiger partial charge is 0.325 e. The van der Waals surface area contributed by atoms with Gasteiger partial charge in [0.15, 0.2) is 0 Å². The van der Waals surface area contributed by atoms with Crippen molar-refractivity contribution in [3.8, 4) is 0 Å². The van der Waals surface area contributed by atoms with Crippen LogP contribution in [0, 0.1) is 12.7 Å². The number of hydrogen-bond acceptors (Lipinski definition) is 2. The zero-order valence-corrected chi connectivity index (χ0v) is 12.2. The number of carbonyl (C=O) groups is 1. The van der Waals surface area contributed by atoms with Crippen LogP contribution in [0.4, 0.5) is 10.1 Å². The topological polar surface area (TPSA) is 29.1 Å². The number of para-hydroxylation sites is 1. The van der Waals surface area contributed by atoms with E-state index in [4.69, 9.17) is 0 Å². The van der Waals surface area contributed by atoms with Crippen LogP contribution in [-0.4, -0.2) is 11.2 Å². The number of hydrogen-bond donors (Lipinski definition) is 1. The number of thioether (sulfide) groups is 1. The van der Waals surface area contributed by atoms with E-state index in [1.54, 1.807) is 25.1 Å². The molecule has 0 aliphatic heterocycles. The van der Waals surface area contributed by atoms with Crippen LogP contribution in [0.3, 0.4) is 0 Å². The number of anilines is 1. The van der Waals surface area contributed by atoms with Gasteiger partial charge >= 0.3 is 0 Å². The van der Waals surface area contributed by atoms with Gasteiger partial charge in [0.25, 0.3) is 0 Å². The Kier molecular flexibility index (Phi) is 4.79. The Morgan fingerprint density at radius 3 is 2.50 bits per heavy atom. The van der Waals surface area contributed by atoms with E-state index in [1.165, 1.54) is 17.8 Å². The van der Waals surface area contributed by atoms with Gasteiger partial charge in [0, 0.05) is 10.6 Å². The van der Waals surface area contributed by atoms with Crippen LogP contribution in [0.5, 0.6) is 0 Å². The van der Waals surface area contributed by atoms with E-state index in [-0.39, 0.29) is 17.0 Å². The molecule has 0 saturated heterocycles. The van der Waals surface area contributed by atoms with Gasteiger partial charge in [0.2, 0.25) is 5.91 Å². The summed E-state index contributed by atoms with van der Waals surface area (Å²) in [6.07, 6.45) is 0. The molecule has 1 N–H and O–H groups in total. The minimum Gasteiger partial charge on any atom is -0.325 e. The van der Waals surface area contributed by atoms with Crippen LogP contribution in [0.15, 0.2) is 53.4 Å². The lowest BCUT2D eigenvalue weighted by atomic mass is 10.2. The normalized spacial score (nSPS) is 11.9.